The summed E-state index contributed by atoms with van der Waals surface area (Å²) in [6, 6.07) is 0. The number of hydrogen-bond donors (Lipinski definition) is 2. The second-order valence-corrected chi connectivity index (χ2v) is 3.90. The Morgan fingerprint density at radius 3 is 2.47 bits per heavy atom. The van der Waals surface area contributed by atoms with Crippen molar-refractivity contribution in [3.05, 3.63) is 11.3 Å². The van der Waals surface area contributed by atoms with Crippen LogP contribution in [0, 0.1) is 0 Å². The van der Waals surface area contributed by atoms with Gasteiger partial charge in [-0.2, -0.15) is 12.6 Å². The first kappa shape index (κ1) is 12.1. The lowest BCUT2D eigenvalue weighted by Gasteiger charge is -2.05. The maximum absolute atomic E-state index is 11.7. The van der Waals surface area contributed by atoms with Gasteiger partial charge in [0.25, 0.3) is 11.8 Å². The summed E-state index contributed by atoms with van der Waals surface area (Å²) in [6.07, 6.45) is 2.48. The van der Waals surface area contributed by atoms with Crippen LogP contribution in [0.25, 0.3) is 0 Å². The molecule has 0 fully saturated rings. The molecular weight excluding hydrogens is 212 g/mol. The van der Waals surface area contributed by atoms with Gasteiger partial charge in [-0.3, -0.25) is 14.5 Å². The van der Waals surface area contributed by atoms with Crippen LogP contribution in [-0.2, 0) is 9.59 Å². The van der Waals surface area contributed by atoms with Crippen molar-refractivity contribution in [2.24, 2.45) is 0 Å². The van der Waals surface area contributed by atoms with Crippen LogP contribution in [-0.4, -0.2) is 36.6 Å². The first-order valence-corrected chi connectivity index (χ1v) is 5.60. The first-order chi connectivity index (χ1) is 7.13. The third-order valence-corrected chi connectivity index (χ3v) is 2.78. The fourth-order valence-corrected chi connectivity index (χ4v) is 1.83. The summed E-state index contributed by atoms with van der Waals surface area (Å²) in [6.45, 7) is 0. The van der Waals surface area contributed by atoms with Gasteiger partial charge in [0.2, 0.25) is 0 Å². The molecule has 15 heavy (non-hydrogen) atoms. The Kier molecular flexibility index (Phi) is 4.20. The SMILES string of the molecule is CNC1=C(CCCCS)C(=O)N(C)C1=O. The summed E-state index contributed by atoms with van der Waals surface area (Å²) in [4.78, 5) is 24.4. The van der Waals surface area contributed by atoms with Crippen LogP contribution in [0.5, 0.6) is 0 Å². The summed E-state index contributed by atoms with van der Waals surface area (Å²) in [7, 11) is 3.17. The van der Waals surface area contributed by atoms with Crippen molar-refractivity contribution in [3.63, 3.8) is 0 Å². The Bertz CT molecular complexity index is 313. The highest BCUT2D eigenvalue weighted by Gasteiger charge is 2.34. The summed E-state index contributed by atoms with van der Waals surface area (Å²) in [5, 5.41) is 2.80. The molecule has 5 heteroatoms. The van der Waals surface area contributed by atoms with E-state index in [1.807, 2.05) is 0 Å². The Balaban J connectivity index is 2.76. The molecule has 0 atom stereocenters. The van der Waals surface area contributed by atoms with Gasteiger partial charge in [-0.15, -0.1) is 0 Å². The summed E-state index contributed by atoms with van der Waals surface area (Å²) < 4.78 is 0. The predicted octanol–water partition coefficient (Wildman–Crippen LogP) is 0.559. The van der Waals surface area contributed by atoms with E-state index in [0.717, 1.165) is 23.5 Å². The van der Waals surface area contributed by atoms with Crippen molar-refractivity contribution in [1.29, 1.82) is 0 Å². The minimum atomic E-state index is -0.233. The largest absolute Gasteiger partial charge is 0.383 e. The van der Waals surface area contributed by atoms with E-state index in [0.29, 0.717) is 17.7 Å². The van der Waals surface area contributed by atoms with Crippen LogP contribution in [0.4, 0.5) is 0 Å². The molecule has 1 aliphatic rings. The van der Waals surface area contributed by atoms with E-state index in [9.17, 15) is 9.59 Å². The molecule has 0 unspecified atom stereocenters. The molecule has 1 rings (SSSR count). The van der Waals surface area contributed by atoms with Gasteiger partial charge in [-0.25, -0.2) is 0 Å². The molecule has 0 saturated carbocycles. The number of carbonyl (C=O) groups is 2. The summed E-state index contributed by atoms with van der Waals surface area (Å²) in [5.74, 6) is 0.395. The van der Waals surface area contributed by atoms with Crippen LogP contribution in [0.15, 0.2) is 11.3 Å². The van der Waals surface area contributed by atoms with Gasteiger partial charge in [0, 0.05) is 19.7 Å². The zero-order valence-electron chi connectivity index (χ0n) is 9.04. The number of carbonyl (C=O) groups excluding carboxylic acids is 2. The van der Waals surface area contributed by atoms with Gasteiger partial charge in [0.15, 0.2) is 0 Å². The summed E-state index contributed by atoms with van der Waals surface area (Å²) >= 11 is 4.11. The molecule has 0 saturated heterocycles. The highest BCUT2D eigenvalue weighted by molar-refractivity contribution is 7.80. The van der Waals surface area contributed by atoms with Crippen LogP contribution >= 0.6 is 12.6 Å². The molecule has 0 aromatic rings. The molecule has 0 aliphatic carbocycles. The lowest BCUT2D eigenvalue weighted by atomic mass is 10.1. The van der Waals surface area contributed by atoms with E-state index in [1.165, 1.54) is 7.05 Å². The Morgan fingerprint density at radius 1 is 1.27 bits per heavy atom. The van der Waals surface area contributed by atoms with E-state index in [2.05, 4.69) is 17.9 Å². The first-order valence-electron chi connectivity index (χ1n) is 4.97. The molecule has 0 aromatic heterocycles. The van der Waals surface area contributed by atoms with E-state index in [4.69, 9.17) is 0 Å². The average Bonchev–Trinajstić information content (AvgIpc) is 2.44. The monoisotopic (exact) mass is 228 g/mol. The number of rotatable bonds is 5. The molecule has 1 N–H and O–H groups in total. The molecule has 2 amide bonds. The number of nitrogens with zero attached hydrogens (tertiary/aromatic N) is 1. The smallest absolute Gasteiger partial charge is 0.277 e. The minimum Gasteiger partial charge on any atom is -0.383 e. The second-order valence-electron chi connectivity index (χ2n) is 3.45. The number of nitrogens with one attached hydrogen (secondary N) is 1. The minimum absolute atomic E-state index is 0.177. The van der Waals surface area contributed by atoms with E-state index in [-0.39, 0.29) is 11.8 Å². The number of unbranched alkanes of at least 4 members (excludes halogenated alkanes) is 1. The Hall–Kier alpha value is -0.970. The van der Waals surface area contributed by atoms with Crippen molar-refractivity contribution in [3.8, 4) is 0 Å². The zero-order valence-corrected chi connectivity index (χ0v) is 9.93. The average molecular weight is 228 g/mol. The van der Waals surface area contributed by atoms with Crippen molar-refractivity contribution in [2.45, 2.75) is 19.3 Å². The maximum atomic E-state index is 11.7. The number of amides is 2. The standard InChI is InChI=1S/C10H16N2O2S/c1-11-8-7(5-3-4-6-15)9(13)12(2)10(8)14/h11,15H,3-6H2,1-2H3. The topological polar surface area (TPSA) is 49.4 Å². The van der Waals surface area contributed by atoms with Crippen LogP contribution in [0.2, 0.25) is 0 Å². The van der Waals surface area contributed by atoms with Crippen molar-refractivity contribution in [2.75, 3.05) is 19.8 Å². The number of thiol groups is 1. The molecule has 1 heterocycles. The van der Waals surface area contributed by atoms with Gasteiger partial charge < -0.3 is 5.32 Å². The van der Waals surface area contributed by atoms with Crippen LogP contribution < -0.4 is 5.32 Å². The molecule has 4 nitrogen and oxygen atoms in total. The molecule has 0 spiro atoms. The van der Waals surface area contributed by atoms with Gasteiger partial charge in [-0.1, -0.05) is 0 Å². The lowest BCUT2D eigenvalue weighted by Crippen LogP contribution is -2.28. The molecule has 1 aliphatic heterocycles. The highest BCUT2D eigenvalue weighted by atomic mass is 32.1. The molecule has 0 bridgehead atoms. The molecular formula is C10H16N2O2S. The Labute approximate surface area is 95.1 Å². The van der Waals surface area contributed by atoms with Gasteiger partial charge in [0.1, 0.15) is 5.70 Å². The second kappa shape index (κ2) is 5.21. The van der Waals surface area contributed by atoms with Gasteiger partial charge >= 0.3 is 0 Å². The lowest BCUT2D eigenvalue weighted by molar-refractivity contribution is -0.136. The fraction of sp³-hybridized carbons (Fsp3) is 0.600. The van der Waals surface area contributed by atoms with Crippen molar-refractivity contribution >= 4 is 24.4 Å². The van der Waals surface area contributed by atoms with Crippen molar-refractivity contribution < 1.29 is 9.59 Å². The van der Waals surface area contributed by atoms with Gasteiger partial charge in [0.05, 0.1) is 0 Å². The third kappa shape index (κ3) is 2.34. The maximum Gasteiger partial charge on any atom is 0.277 e. The third-order valence-electron chi connectivity index (χ3n) is 2.47. The Morgan fingerprint density at radius 2 is 1.93 bits per heavy atom. The van der Waals surface area contributed by atoms with Crippen LogP contribution in [0.3, 0.4) is 0 Å². The number of likely N-dealkylation sites (N-methyl/N-ethyl adjacent to an activating group) is 2. The van der Waals surface area contributed by atoms with E-state index < -0.39 is 0 Å². The van der Waals surface area contributed by atoms with Crippen molar-refractivity contribution in [1.82, 2.24) is 10.2 Å². The highest BCUT2D eigenvalue weighted by Crippen LogP contribution is 2.21. The quantitative estimate of drug-likeness (QED) is 0.411. The molecule has 0 aromatic carbocycles. The molecule has 0 radical (unpaired) electrons. The van der Waals surface area contributed by atoms with Crippen LogP contribution in [0.1, 0.15) is 19.3 Å². The van der Waals surface area contributed by atoms with E-state index >= 15 is 0 Å². The molecule has 84 valence electrons. The van der Waals surface area contributed by atoms with Gasteiger partial charge in [-0.05, 0) is 25.0 Å². The predicted molar refractivity (Wildman–Crippen MR) is 61.6 cm³/mol. The fourth-order valence-electron chi connectivity index (χ4n) is 1.60. The normalized spacial score (nSPS) is 16.6. The van der Waals surface area contributed by atoms with E-state index in [1.54, 1.807) is 7.05 Å². The number of imide groups is 1. The zero-order chi connectivity index (χ0) is 11.4. The number of hydrogen-bond acceptors (Lipinski definition) is 4. The summed E-state index contributed by atoms with van der Waals surface area (Å²) in [5.41, 5.74) is 1.05.